The minimum Gasteiger partial charge on any atom is -0.337 e. The summed E-state index contributed by atoms with van der Waals surface area (Å²) in [6, 6.07) is 4.30. The van der Waals surface area contributed by atoms with Crippen molar-refractivity contribution in [3.63, 3.8) is 0 Å². The minimum absolute atomic E-state index is 0.250. The molecule has 0 saturated carbocycles. The van der Waals surface area contributed by atoms with Gasteiger partial charge in [0.25, 0.3) is 0 Å². The molecule has 0 radical (unpaired) electrons. The molecule has 2 rings (SSSR count). The number of aryl methyl sites for hydroxylation is 1. The molecule has 0 saturated heterocycles. The van der Waals surface area contributed by atoms with E-state index in [0.29, 0.717) is 0 Å². The molecule has 2 aromatic rings. The summed E-state index contributed by atoms with van der Waals surface area (Å²) in [5.41, 5.74) is 0. The van der Waals surface area contributed by atoms with Crippen LogP contribution in [0.1, 0.15) is 30.1 Å². The highest BCUT2D eigenvalue weighted by molar-refractivity contribution is 7.16. The fourth-order valence-electron chi connectivity index (χ4n) is 1.95. The van der Waals surface area contributed by atoms with Gasteiger partial charge in [0.1, 0.15) is 5.82 Å². The molecule has 2 aromatic heterocycles. The van der Waals surface area contributed by atoms with E-state index in [9.17, 15) is 0 Å². The molecular formula is C13H18ClN3S. The second-order valence-corrected chi connectivity index (χ2v) is 6.11. The highest BCUT2D eigenvalue weighted by Gasteiger charge is 2.16. The van der Waals surface area contributed by atoms with Crippen LogP contribution in [0.5, 0.6) is 0 Å². The first kappa shape index (κ1) is 13.6. The molecule has 5 heteroatoms. The van der Waals surface area contributed by atoms with Crippen LogP contribution in [0, 0.1) is 0 Å². The molecule has 0 aliphatic rings. The van der Waals surface area contributed by atoms with Gasteiger partial charge in [0.2, 0.25) is 0 Å². The lowest BCUT2D eigenvalue weighted by Gasteiger charge is -2.17. The predicted octanol–water partition coefficient (Wildman–Crippen LogP) is 3.42. The molecule has 1 atom stereocenters. The van der Waals surface area contributed by atoms with Crippen LogP contribution in [0.2, 0.25) is 4.34 Å². The van der Waals surface area contributed by atoms with Gasteiger partial charge in [0.05, 0.1) is 10.4 Å². The fourth-order valence-corrected chi connectivity index (χ4v) is 3.08. The smallest absolute Gasteiger partial charge is 0.125 e. The highest BCUT2D eigenvalue weighted by atomic mass is 35.5. The SMILES string of the molecule is CCCNC(Cc1ccc(Cl)s1)c1nccn1C. The normalized spacial score (nSPS) is 12.8. The van der Waals surface area contributed by atoms with E-state index in [0.717, 1.165) is 29.5 Å². The average Bonchev–Trinajstić information content (AvgIpc) is 2.93. The third-order valence-corrected chi connectivity index (χ3v) is 4.10. The van der Waals surface area contributed by atoms with Gasteiger partial charge in [-0.1, -0.05) is 18.5 Å². The Hall–Kier alpha value is -0.840. The average molecular weight is 284 g/mol. The molecule has 3 nitrogen and oxygen atoms in total. The molecule has 18 heavy (non-hydrogen) atoms. The third kappa shape index (κ3) is 3.34. The standard InChI is InChI=1S/C13H18ClN3S/c1-3-6-15-11(13-16-7-8-17(13)2)9-10-4-5-12(14)18-10/h4-5,7-8,11,15H,3,6,9H2,1-2H3. The summed E-state index contributed by atoms with van der Waals surface area (Å²) in [4.78, 5) is 5.73. The van der Waals surface area contributed by atoms with Crippen molar-refractivity contribution in [1.29, 1.82) is 0 Å². The summed E-state index contributed by atoms with van der Waals surface area (Å²) in [5, 5.41) is 3.55. The maximum absolute atomic E-state index is 5.98. The maximum Gasteiger partial charge on any atom is 0.125 e. The zero-order valence-corrected chi connectivity index (χ0v) is 12.3. The minimum atomic E-state index is 0.250. The first-order valence-electron chi connectivity index (χ1n) is 6.15. The van der Waals surface area contributed by atoms with Crippen molar-refractivity contribution in [2.75, 3.05) is 6.54 Å². The van der Waals surface area contributed by atoms with Gasteiger partial charge in [0.15, 0.2) is 0 Å². The van der Waals surface area contributed by atoms with Gasteiger partial charge in [-0.3, -0.25) is 0 Å². The lowest BCUT2D eigenvalue weighted by atomic mass is 10.1. The zero-order chi connectivity index (χ0) is 13.0. The summed E-state index contributed by atoms with van der Waals surface area (Å²) in [7, 11) is 2.03. The first-order chi connectivity index (χ1) is 8.70. The number of hydrogen-bond donors (Lipinski definition) is 1. The predicted molar refractivity (Wildman–Crippen MR) is 77.3 cm³/mol. The van der Waals surface area contributed by atoms with Gasteiger partial charge in [-0.05, 0) is 25.1 Å². The number of aromatic nitrogens is 2. The Labute approximate surface area is 117 Å². The Bertz CT molecular complexity index is 492. The van der Waals surface area contributed by atoms with E-state index in [4.69, 9.17) is 11.6 Å². The quantitative estimate of drug-likeness (QED) is 0.880. The largest absolute Gasteiger partial charge is 0.337 e. The monoisotopic (exact) mass is 283 g/mol. The van der Waals surface area contributed by atoms with Crippen LogP contribution < -0.4 is 5.32 Å². The Morgan fingerprint density at radius 1 is 1.50 bits per heavy atom. The van der Waals surface area contributed by atoms with Crippen LogP contribution >= 0.6 is 22.9 Å². The second kappa shape index (κ2) is 6.36. The summed E-state index contributed by atoms with van der Waals surface area (Å²) < 4.78 is 2.92. The van der Waals surface area contributed by atoms with Crippen molar-refractivity contribution in [3.8, 4) is 0 Å². The molecule has 0 spiro atoms. The molecule has 1 N–H and O–H groups in total. The van der Waals surface area contributed by atoms with Crippen molar-refractivity contribution < 1.29 is 0 Å². The number of halogens is 1. The Kier molecular flexibility index (Phi) is 4.80. The Morgan fingerprint density at radius 3 is 2.89 bits per heavy atom. The van der Waals surface area contributed by atoms with Gasteiger partial charge in [0, 0.05) is 30.7 Å². The van der Waals surface area contributed by atoms with Gasteiger partial charge in [-0.2, -0.15) is 0 Å². The molecular weight excluding hydrogens is 266 g/mol. The van der Waals surface area contributed by atoms with E-state index in [2.05, 4.69) is 27.9 Å². The van der Waals surface area contributed by atoms with Gasteiger partial charge in [-0.15, -0.1) is 11.3 Å². The summed E-state index contributed by atoms with van der Waals surface area (Å²) in [6.07, 6.45) is 5.88. The van der Waals surface area contributed by atoms with Gasteiger partial charge in [-0.25, -0.2) is 4.98 Å². The van der Waals surface area contributed by atoms with E-state index in [1.54, 1.807) is 11.3 Å². The van der Waals surface area contributed by atoms with Crippen molar-refractivity contribution >= 4 is 22.9 Å². The van der Waals surface area contributed by atoms with Gasteiger partial charge < -0.3 is 9.88 Å². The summed E-state index contributed by atoms with van der Waals surface area (Å²) in [5.74, 6) is 1.08. The lowest BCUT2D eigenvalue weighted by Crippen LogP contribution is -2.26. The molecule has 98 valence electrons. The topological polar surface area (TPSA) is 29.9 Å². The molecule has 0 aliphatic heterocycles. The Morgan fingerprint density at radius 2 is 2.33 bits per heavy atom. The van der Waals surface area contributed by atoms with E-state index in [-0.39, 0.29) is 6.04 Å². The second-order valence-electron chi connectivity index (χ2n) is 4.31. The van der Waals surface area contributed by atoms with Crippen LogP contribution in [-0.2, 0) is 13.5 Å². The van der Waals surface area contributed by atoms with Gasteiger partial charge >= 0.3 is 0 Å². The van der Waals surface area contributed by atoms with E-state index in [1.807, 2.05) is 25.5 Å². The number of nitrogens with zero attached hydrogens (tertiary/aromatic N) is 2. The summed E-state index contributed by atoms with van der Waals surface area (Å²) >= 11 is 7.62. The molecule has 0 amide bonds. The number of thiophene rings is 1. The summed E-state index contributed by atoms with van der Waals surface area (Å²) in [6.45, 7) is 3.17. The van der Waals surface area contributed by atoms with E-state index < -0.39 is 0 Å². The molecule has 0 fully saturated rings. The molecule has 2 heterocycles. The van der Waals surface area contributed by atoms with Crippen molar-refractivity contribution in [2.45, 2.75) is 25.8 Å². The first-order valence-corrected chi connectivity index (χ1v) is 7.35. The molecule has 0 bridgehead atoms. The number of nitrogens with one attached hydrogen (secondary N) is 1. The molecule has 1 unspecified atom stereocenters. The number of rotatable bonds is 6. The number of imidazole rings is 1. The van der Waals surface area contributed by atoms with E-state index in [1.165, 1.54) is 4.88 Å². The van der Waals surface area contributed by atoms with Crippen molar-refractivity contribution in [1.82, 2.24) is 14.9 Å². The highest BCUT2D eigenvalue weighted by Crippen LogP contribution is 2.26. The van der Waals surface area contributed by atoms with Crippen molar-refractivity contribution in [3.05, 3.63) is 39.6 Å². The zero-order valence-electron chi connectivity index (χ0n) is 10.7. The van der Waals surface area contributed by atoms with Crippen LogP contribution in [0.3, 0.4) is 0 Å². The molecule has 0 aliphatic carbocycles. The fraction of sp³-hybridized carbons (Fsp3) is 0.462. The van der Waals surface area contributed by atoms with Crippen molar-refractivity contribution in [2.24, 2.45) is 7.05 Å². The maximum atomic E-state index is 5.98. The lowest BCUT2D eigenvalue weighted by molar-refractivity contribution is 0.494. The van der Waals surface area contributed by atoms with Crippen LogP contribution in [0.15, 0.2) is 24.5 Å². The van der Waals surface area contributed by atoms with Crippen LogP contribution in [0.25, 0.3) is 0 Å². The third-order valence-electron chi connectivity index (χ3n) is 2.85. The van der Waals surface area contributed by atoms with E-state index >= 15 is 0 Å². The van der Waals surface area contributed by atoms with Crippen LogP contribution in [-0.4, -0.2) is 16.1 Å². The van der Waals surface area contributed by atoms with Crippen LogP contribution in [0.4, 0.5) is 0 Å². The molecule has 0 aromatic carbocycles. The number of hydrogen-bond acceptors (Lipinski definition) is 3. The Balaban J connectivity index is 2.12.